The Hall–Kier alpha value is -2.75. The molecule has 2 heterocycles. The summed E-state index contributed by atoms with van der Waals surface area (Å²) in [4.78, 5) is 29.0. The van der Waals surface area contributed by atoms with E-state index in [-0.39, 0.29) is 24.2 Å². The van der Waals surface area contributed by atoms with E-state index in [1.165, 1.54) is 7.11 Å². The van der Waals surface area contributed by atoms with Gasteiger partial charge in [0.2, 0.25) is 0 Å². The van der Waals surface area contributed by atoms with Crippen molar-refractivity contribution in [2.45, 2.75) is 51.1 Å². The summed E-state index contributed by atoms with van der Waals surface area (Å²) >= 11 is 2.25. The summed E-state index contributed by atoms with van der Waals surface area (Å²) in [6, 6.07) is 13.3. The van der Waals surface area contributed by atoms with Crippen molar-refractivity contribution in [2.75, 3.05) is 18.6 Å². The first-order valence-corrected chi connectivity index (χ1v) is 12.2. The molecule has 0 radical (unpaired) electrons. The number of amides is 1. The smallest absolute Gasteiger partial charge is 0.411 e. The minimum atomic E-state index is -0.549. The van der Waals surface area contributed by atoms with Crippen LogP contribution in [0.1, 0.15) is 36.7 Å². The molecule has 0 N–H and O–H groups in total. The quantitative estimate of drug-likeness (QED) is 0.208. The van der Waals surface area contributed by atoms with E-state index >= 15 is 0 Å². The first-order valence-electron chi connectivity index (χ1n) is 11.1. The van der Waals surface area contributed by atoms with Gasteiger partial charge in [-0.2, -0.15) is 0 Å². The molecular formula is C26H29IN2O5. The summed E-state index contributed by atoms with van der Waals surface area (Å²) in [7, 11) is 1.36. The molecule has 0 bridgehead atoms. The maximum absolute atomic E-state index is 12.6. The van der Waals surface area contributed by atoms with Crippen LogP contribution in [-0.2, 0) is 16.1 Å². The maximum atomic E-state index is 12.6. The number of fused-ring (bicyclic) bond motifs is 1. The fourth-order valence-corrected chi connectivity index (χ4v) is 5.14. The van der Waals surface area contributed by atoms with Crippen LogP contribution in [0.25, 0.3) is 0 Å². The van der Waals surface area contributed by atoms with Gasteiger partial charge in [-0.15, -0.1) is 6.58 Å². The third-order valence-electron chi connectivity index (χ3n) is 5.91. The van der Waals surface area contributed by atoms with E-state index in [0.29, 0.717) is 24.5 Å². The van der Waals surface area contributed by atoms with Crippen molar-refractivity contribution >= 4 is 40.3 Å². The molecule has 0 aliphatic carbocycles. The summed E-state index contributed by atoms with van der Waals surface area (Å²) in [6.07, 6.45) is 1.54. The second-order valence-electron chi connectivity index (χ2n) is 9.40. The summed E-state index contributed by atoms with van der Waals surface area (Å²) < 4.78 is 17.6. The van der Waals surface area contributed by atoms with E-state index in [1.807, 2.05) is 63.2 Å². The Labute approximate surface area is 213 Å². The van der Waals surface area contributed by atoms with Crippen LogP contribution in [-0.4, -0.2) is 54.3 Å². The van der Waals surface area contributed by atoms with Crippen LogP contribution >= 0.6 is 22.6 Å². The Balaban J connectivity index is 1.60. The first-order chi connectivity index (χ1) is 16.1. The van der Waals surface area contributed by atoms with E-state index in [9.17, 15) is 9.59 Å². The Morgan fingerprint density at radius 2 is 1.91 bits per heavy atom. The highest BCUT2D eigenvalue weighted by Crippen LogP contribution is 2.46. The van der Waals surface area contributed by atoms with Crippen molar-refractivity contribution in [3.05, 3.63) is 69.8 Å². The highest BCUT2D eigenvalue weighted by atomic mass is 127. The van der Waals surface area contributed by atoms with Crippen molar-refractivity contribution in [3.8, 4) is 5.75 Å². The molecule has 0 unspecified atom stereocenters. The van der Waals surface area contributed by atoms with Crippen LogP contribution in [0.2, 0.25) is 0 Å². The number of esters is 1. The van der Waals surface area contributed by atoms with Gasteiger partial charge < -0.3 is 19.1 Å². The van der Waals surface area contributed by atoms with Crippen LogP contribution < -0.4 is 9.64 Å². The number of anilines is 1. The maximum Gasteiger partial charge on any atom is 0.411 e. The lowest BCUT2D eigenvalue weighted by Gasteiger charge is -2.31. The molecule has 2 fully saturated rings. The minimum Gasteiger partial charge on any atom is -0.488 e. The van der Waals surface area contributed by atoms with Gasteiger partial charge in [-0.1, -0.05) is 36.4 Å². The molecule has 4 rings (SSSR count). The number of hydrogen-bond acceptors (Lipinski definition) is 6. The minimum absolute atomic E-state index is 0.0152. The van der Waals surface area contributed by atoms with Gasteiger partial charge in [-0.05, 0) is 61.1 Å². The van der Waals surface area contributed by atoms with Crippen molar-refractivity contribution in [1.29, 1.82) is 0 Å². The van der Waals surface area contributed by atoms with Gasteiger partial charge in [0.05, 0.1) is 40.1 Å². The number of halogens is 1. The molecule has 2 saturated heterocycles. The molecule has 0 spiro atoms. The molecule has 2 aliphatic heterocycles. The molecule has 2 aliphatic rings. The topological polar surface area (TPSA) is 68.1 Å². The molecule has 0 saturated carbocycles. The van der Waals surface area contributed by atoms with Gasteiger partial charge in [-0.3, -0.25) is 4.90 Å². The Kier molecular flexibility index (Phi) is 6.80. The lowest BCUT2D eigenvalue weighted by molar-refractivity contribution is 0.0384. The second-order valence-corrected chi connectivity index (χ2v) is 10.5. The Morgan fingerprint density at radius 3 is 2.53 bits per heavy atom. The van der Waals surface area contributed by atoms with Gasteiger partial charge in [-0.25, -0.2) is 9.59 Å². The summed E-state index contributed by atoms with van der Waals surface area (Å²) in [6.45, 7) is 10.6. The molecule has 7 nitrogen and oxygen atoms in total. The predicted octanol–water partition coefficient (Wildman–Crippen LogP) is 5.02. The number of piperazine rings is 1. The summed E-state index contributed by atoms with van der Waals surface area (Å²) in [5.74, 6) is 0.173. The van der Waals surface area contributed by atoms with Crippen LogP contribution in [0.4, 0.5) is 10.5 Å². The highest BCUT2D eigenvalue weighted by molar-refractivity contribution is 14.1. The van der Waals surface area contributed by atoms with E-state index in [0.717, 1.165) is 14.8 Å². The average Bonchev–Trinajstić information content (AvgIpc) is 3.39. The molecule has 2 aromatic rings. The number of carbonyl (C=O) groups is 2. The van der Waals surface area contributed by atoms with Crippen LogP contribution in [0.5, 0.6) is 5.75 Å². The largest absolute Gasteiger partial charge is 0.488 e. The highest BCUT2D eigenvalue weighted by Gasteiger charge is 2.62. The monoisotopic (exact) mass is 576 g/mol. The zero-order valence-electron chi connectivity index (χ0n) is 19.8. The average molecular weight is 576 g/mol. The van der Waals surface area contributed by atoms with Gasteiger partial charge in [0.25, 0.3) is 0 Å². The molecule has 8 heteroatoms. The zero-order valence-corrected chi connectivity index (χ0v) is 21.9. The van der Waals surface area contributed by atoms with Crippen LogP contribution in [0, 0.1) is 3.57 Å². The number of carbonyl (C=O) groups excluding carboxylic acids is 2. The number of benzene rings is 2. The molecule has 3 atom stereocenters. The number of methoxy groups -OCH3 is 1. The lowest BCUT2D eigenvalue weighted by Crippen LogP contribution is -2.41. The molecule has 180 valence electrons. The lowest BCUT2D eigenvalue weighted by atomic mass is 10.1. The zero-order chi connectivity index (χ0) is 24.6. The SMILES string of the molecule is C=C[C@H]1[C@@H]2[C@H](CN1c1cc(C(=O)OC)cc(OCc3ccccc3)c1I)N2C(=O)OC(C)(C)C. The van der Waals surface area contributed by atoms with Crippen LogP contribution in [0.15, 0.2) is 55.1 Å². The predicted molar refractivity (Wildman–Crippen MR) is 138 cm³/mol. The van der Waals surface area contributed by atoms with E-state index < -0.39 is 11.6 Å². The summed E-state index contributed by atoms with van der Waals surface area (Å²) in [5, 5.41) is 0. The Bertz CT molecular complexity index is 1100. The third-order valence-corrected chi connectivity index (χ3v) is 6.99. The first kappa shape index (κ1) is 24.4. The van der Waals surface area contributed by atoms with Crippen molar-refractivity contribution < 1.29 is 23.8 Å². The van der Waals surface area contributed by atoms with Gasteiger partial charge in [0.1, 0.15) is 18.0 Å². The summed E-state index contributed by atoms with van der Waals surface area (Å²) in [5.41, 5.74) is 1.75. The molecule has 1 amide bonds. The normalized spacial score (nSPS) is 21.0. The third kappa shape index (κ3) is 4.87. The van der Waals surface area contributed by atoms with Crippen molar-refractivity contribution in [2.24, 2.45) is 0 Å². The fraction of sp³-hybridized carbons (Fsp3) is 0.385. The molecule has 2 aromatic carbocycles. The standard InChI is InChI=1S/C26H29IN2O5/c1-6-18-23-20(29(23)25(31)34-26(2,3)4)14-28(18)19-12-17(24(30)32-5)13-21(22(19)27)33-15-16-10-8-7-9-11-16/h6-13,18,20,23H,1,14-15H2,2-5H3/t18-,20-,23+,29?/m0/s1. The van der Waals surface area contributed by atoms with E-state index in [2.05, 4.69) is 34.1 Å². The number of hydrogen-bond donors (Lipinski definition) is 0. The van der Waals surface area contributed by atoms with E-state index in [4.69, 9.17) is 14.2 Å². The molecule has 0 aromatic heterocycles. The molecular weight excluding hydrogens is 547 g/mol. The van der Waals surface area contributed by atoms with Gasteiger partial charge in [0, 0.05) is 6.54 Å². The molecule has 34 heavy (non-hydrogen) atoms. The fourth-order valence-electron chi connectivity index (χ4n) is 4.36. The number of rotatable bonds is 6. The van der Waals surface area contributed by atoms with Crippen molar-refractivity contribution in [3.63, 3.8) is 0 Å². The van der Waals surface area contributed by atoms with Gasteiger partial charge >= 0.3 is 12.1 Å². The van der Waals surface area contributed by atoms with Gasteiger partial charge in [0.15, 0.2) is 0 Å². The Morgan fingerprint density at radius 1 is 1.21 bits per heavy atom. The van der Waals surface area contributed by atoms with Crippen LogP contribution in [0.3, 0.4) is 0 Å². The number of nitrogens with zero attached hydrogens (tertiary/aromatic N) is 2. The second kappa shape index (κ2) is 9.48. The van der Waals surface area contributed by atoms with E-state index in [1.54, 1.807) is 11.0 Å². The van der Waals surface area contributed by atoms with Crippen molar-refractivity contribution in [1.82, 2.24) is 4.90 Å². The number of ether oxygens (including phenoxy) is 3.